The predicted octanol–water partition coefficient (Wildman–Crippen LogP) is 1.57. The van der Waals surface area contributed by atoms with Gasteiger partial charge in [0.2, 0.25) is 0 Å². The first kappa shape index (κ1) is 10.0. The van der Waals surface area contributed by atoms with Crippen molar-refractivity contribution in [2.24, 2.45) is 5.73 Å². The van der Waals surface area contributed by atoms with Crippen LogP contribution in [0.4, 0.5) is 0 Å². The van der Waals surface area contributed by atoms with Crippen LogP contribution in [0.25, 0.3) is 0 Å². The maximum absolute atomic E-state index is 6.00. The van der Waals surface area contributed by atoms with Gasteiger partial charge in [-0.3, -0.25) is 4.98 Å². The average Bonchev–Trinajstić information content (AvgIpc) is 2.29. The molecule has 1 atom stereocenters. The summed E-state index contributed by atoms with van der Waals surface area (Å²) in [6.07, 6.45) is 4.80. The minimum Gasteiger partial charge on any atom is -0.319 e. The number of rotatable bonds is 2. The largest absolute Gasteiger partial charge is 0.319 e. The molecule has 2 aromatic heterocycles. The average molecular weight is 221 g/mol. The first-order valence-corrected chi connectivity index (χ1v) is 4.78. The molecule has 0 aliphatic heterocycles. The summed E-state index contributed by atoms with van der Waals surface area (Å²) < 4.78 is 0. The predicted molar refractivity (Wildman–Crippen MR) is 57.3 cm³/mol. The number of nitrogens with zero attached hydrogens (tertiary/aromatic N) is 3. The van der Waals surface area contributed by atoms with Crippen LogP contribution in [0.2, 0.25) is 5.15 Å². The van der Waals surface area contributed by atoms with E-state index in [1.165, 1.54) is 6.33 Å². The van der Waals surface area contributed by atoms with Crippen LogP contribution in [-0.2, 0) is 0 Å². The molecule has 2 aromatic rings. The van der Waals surface area contributed by atoms with E-state index in [0.29, 0.717) is 10.8 Å². The summed E-state index contributed by atoms with van der Waals surface area (Å²) >= 11 is 5.75. The maximum Gasteiger partial charge on any atom is 0.132 e. The molecule has 0 bridgehead atoms. The fraction of sp³-hybridized carbons (Fsp3) is 0.100. The summed E-state index contributed by atoms with van der Waals surface area (Å²) in [4.78, 5) is 11.9. The monoisotopic (exact) mass is 220 g/mol. The van der Waals surface area contributed by atoms with Crippen molar-refractivity contribution >= 4 is 11.6 Å². The quantitative estimate of drug-likeness (QED) is 0.781. The second-order valence-corrected chi connectivity index (χ2v) is 3.42. The SMILES string of the molecule is NC(c1cccnc1)c1cc(Cl)ncn1. The van der Waals surface area contributed by atoms with Crippen LogP contribution in [-0.4, -0.2) is 15.0 Å². The van der Waals surface area contributed by atoms with Gasteiger partial charge in [-0.05, 0) is 17.7 Å². The molecule has 2 N–H and O–H groups in total. The molecule has 0 saturated carbocycles. The third-order valence-electron chi connectivity index (χ3n) is 2.02. The molecule has 0 aliphatic carbocycles. The smallest absolute Gasteiger partial charge is 0.132 e. The summed E-state index contributed by atoms with van der Waals surface area (Å²) in [7, 11) is 0. The highest BCUT2D eigenvalue weighted by Crippen LogP contribution is 2.17. The van der Waals surface area contributed by atoms with Crippen LogP contribution in [0.15, 0.2) is 36.9 Å². The summed E-state index contributed by atoms with van der Waals surface area (Å²) in [5.74, 6) is 0. The van der Waals surface area contributed by atoms with Crippen molar-refractivity contribution in [1.29, 1.82) is 0 Å². The van der Waals surface area contributed by atoms with Gasteiger partial charge >= 0.3 is 0 Å². The topological polar surface area (TPSA) is 64.7 Å². The van der Waals surface area contributed by atoms with Gasteiger partial charge in [0.05, 0.1) is 11.7 Å². The van der Waals surface area contributed by atoms with E-state index < -0.39 is 0 Å². The molecule has 4 nitrogen and oxygen atoms in total. The molecule has 1 unspecified atom stereocenters. The first-order chi connectivity index (χ1) is 7.27. The lowest BCUT2D eigenvalue weighted by molar-refractivity contribution is 0.814. The standard InChI is InChI=1S/C10H9ClN4/c11-9-4-8(14-6-15-9)10(12)7-2-1-3-13-5-7/h1-6,10H,12H2. The minimum atomic E-state index is -0.320. The van der Waals surface area contributed by atoms with Gasteiger partial charge in [-0.25, -0.2) is 9.97 Å². The van der Waals surface area contributed by atoms with Crippen LogP contribution < -0.4 is 5.73 Å². The van der Waals surface area contributed by atoms with Gasteiger partial charge in [-0.1, -0.05) is 17.7 Å². The van der Waals surface area contributed by atoms with Crippen molar-refractivity contribution in [3.05, 3.63) is 53.3 Å². The second kappa shape index (κ2) is 4.33. The highest BCUT2D eigenvalue weighted by Gasteiger charge is 2.10. The lowest BCUT2D eigenvalue weighted by Gasteiger charge is -2.10. The molecule has 0 aromatic carbocycles. The third kappa shape index (κ3) is 2.29. The fourth-order valence-corrected chi connectivity index (χ4v) is 1.40. The van der Waals surface area contributed by atoms with Crippen LogP contribution in [0.1, 0.15) is 17.3 Å². The Kier molecular flexibility index (Phi) is 2.89. The number of aromatic nitrogens is 3. The third-order valence-corrected chi connectivity index (χ3v) is 2.22. The van der Waals surface area contributed by atoms with Crippen molar-refractivity contribution in [3.63, 3.8) is 0 Å². The van der Waals surface area contributed by atoms with E-state index in [2.05, 4.69) is 15.0 Å². The molecule has 15 heavy (non-hydrogen) atoms. The van der Waals surface area contributed by atoms with Crippen molar-refractivity contribution in [1.82, 2.24) is 15.0 Å². The summed E-state index contributed by atoms with van der Waals surface area (Å²) in [5, 5.41) is 0.388. The Balaban J connectivity index is 2.32. The lowest BCUT2D eigenvalue weighted by atomic mass is 10.1. The van der Waals surface area contributed by atoms with Gasteiger partial charge in [-0.2, -0.15) is 0 Å². The molecule has 0 radical (unpaired) electrons. The van der Waals surface area contributed by atoms with Crippen molar-refractivity contribution in [2.75, 3.05) is 0 Å². The van der Waals surface area contributed by atoms with Gasteiger partial charge in [0.1, 0.15) is 11.5 Å². The lowest BCUT2D eigenvalue weighted by Crippen LogP contribution is -2.13. The molecule has 0 fully saturated rings. The van der Waals surface area contributed by atoms with Gasteiger partial charge in [0, 0.05) is 12.4 Å². The molecule has 5 heteroatoms. The zero-order chi connectivity index (χ0) is 10.7. The molecule has 0 saturated heterocycles. The van der Waals surface area contributed by atoms with Gasteiger partial charge < -0.3 is 5.73 Å². The van der Waals surface area contributed by atoms with E-state index in [9.17, 15) is 0 Å². The van der Waals surface area contributed by atoms with Crippen LogP contribution in [0.5, 0.6) is 0 Å². The Bertz CT molecular complexity index is 446. The molecular formula is C10H9ClN4. The van der Waals surface area contributed by atoms with E-state index in [0.717, 1.165) is 5.56 Å². The Morgan fingerprint density at radius 2 is 2.20 bits per heavy atom. The molecule has 0 amide bonds. The van der Waals surface area contributed by atoms with Crippen LogP contribution in [0.3, 0.4) is 0 Å². The van der Waals surface area contributed by atoms with Crippen molar-refractivity contribution in [3.8, 4) is 0 Å². The molecule has 2 rings (SSSR count). The highest BCUT2D eigenvalue weighted by atomic mass is 35.5. The van der Waals surface area contributed by atoms with Crippen LogP contribution >= 0.6 is 11.6 Å². The van der Waals surface area contributed by atoms with E-state index in [4.69, 9.17) is 17.3 Å². The van der Waals surface area contributed by atoms with E-state index >= 15 is 0 Å². The van der Waals surface area contributed by atoms with E-state index in [1.807, 2.05) is 12.1 Å². The zero-order valence-electron chi connectivity index (χ0n) is 7.84. The number of pyridine rings is 1. The molecule has 0 aliphatic rings. The Hall–Kier alpha value is -1.52. The summed E-state index contributed by atoms with van der Waals surface area (Å²) in [6.45, 7) is 0. The van der Waals surface area contributed by atoms with Crippen molar-refractivity contribution in [2.45, 2.75) is 6.04 Å². The summed E-state index contributed by atoms with van der Waals surface area (Å²) in [6, 6.07) is 5.06. The number of halogens is 1. The van der Waals surface area contributed by atoms with E-state index in [-0.39, 0.29) is 6.04 Å². The Labute approximate surface area is 92.2 Å². The fourth-order valence-electron chi connectivity index (χ4n) is 1.25. The number of nitrogens with two attached hydrogens (primary N) is 1. The zero-order valence-corrected chi connectivity index (χ0v) is 8.59. The summed E-state index contributed by atoms with van der Waals surface area (Å²) in [5.41, 5.74) is 7.58. The van der Waals surface area contributed by atoms with Gasteiger partial charge in [0.15, 0.2) is 0 Å². The number of hydrogen-bond acceptors (Lipinski definition) is 4. The van der Waals surface area contributed by atoms with Crippen molar-refractivity contribution < 1.29 is 0 Å². The minimum absolute atomic E-state index is 0.320. The highest BCUT2D eigenvalue weighted by molar-refractivity contribution is 6.29. The molecule has 2 heterocycles. The molecule has 0 spiro atoms. The molecule has 76 valence electrons. The Morgan fingerprint density at radius 1 is 1.33 bits per heavy atom. The maximum atomic E-state index is 6.00. The first-order valence-electron chi connectivity index (χ1n) is 4.40. The second-order valence-electron chi connectivity index (χ2n) is 3.03. The van der Waals surface area contributed by atoms with Gasteiger partial charge in [-0.15, -0.1) is 0 Å². The normalized spacial score (nSPS) is 12.4. The molecular weight excluding hydrogens is 212 g/mol. The Morgan fingerprint density at radius 3 is 2.87 bits per heavy atom. The van der Waals surface area contributed by atoms with Gasteiger partial charge in [0.25, 0.3) is 0 Å². The van der Waals surface area contributed by atoms with Crippen LogP contribution in [0, 0.1) is 0 Å². The van der Waals surface area contributed by atoms with E-state index in [1.54, 1.807) is 18.5 Å². The number of hydrogen-bond donors (Lipinski definition) is 1.